The first-order chi connectivity index (χ1) is 13.5. The molecule has 154 valence electrons. The molecule has 0 radical (unpaired) electrons. The standard InChI is InChI=1S/C21H22F2N2O3S/c1-24(2)21(26)14-7-5-13(6-8-14)19-18(12-25(19)3)20(29(4,27)28)15-9-16(22)11-17(23)10-15/h5-11,19H,12H2,1-4H3. The molecular formula is C21H22F2N2O3S. The monoisotopic (exact) mass is 420 g/mol. The Bertz CT molecular complexity index is 1070. The first-order valence-electron chi connectivity index (χ1n) is 8.90. The van der Waals surface area contributed by atoms with Gasteiger partial charge in [0, 0.05) is 38.5 Å². The van der Waals surface area contributed by atoms with Crippen molar-refractivity contribution >= 4 is 20.6 Å². The van der Waals surface area contributed by atoms with Gasteiger partial charge in [-0.15, -0.1) is 0 Å². The maximum absolute atomic E-state index is 13.7. The number of halogens is 2. The fraction of sp³-hybridized carbons (Fsp3) is 0.286. The fourth-order valence-corrected chi connectivity index (χ4v) is 4.84. The van der Waals surface area contributed by atoms with Crippen molar-refractivity contribution in [1.29, 1.82) is 0 Å². The van der Waals surface area contributed by atoms with Crippen LogP contribution in [-0.4, -0.2) is 58.1 Å². The van der Waals surface area contributed by atoms with Gasteiger partial charge in [-0.05, 0) is 48.0 Å². The Hall–Kier alpha value is -2.58. The molecule has 1 saturated heterocycles. The molecule has 8 heteroatoms. The van der Waals surface area contributed by atoms with Crippen LogP contribution in [0.3, 0.4) is 0 Å². The molecule has 1 aliphatic heterocycles. The summed E-state index contributed by atoms with van der Waals surface area (Å²) < 4.78 is 52.5. The van der Waals surface area contributed by atoms with Crippen LogP contribution in [0.2, 0.25) is 0 Å². The minimum absolute atomic E-state index is 0.00231. The van der Waals surface area contributed by atoms with E-state index in [2.05, 4.69) is 0 Å². The lowest BCUT2D eigenvalue weighted by Crippen LogP contribution is -2.41. The Labute approximate surface area is 169 Å². The molecule has 2 aromatic carbocycles. The quantitative estimate of drug-likeness (QED) is 0.763. The van der Waals surface area contributed by atoms with Crippen LogP contribution in [0.5, 0.6) is 0 Å². The molecule has 5 nitrogen and oxygen atoms in total. The second-order valence-corrected chi connectivity index (χ2v) is 9.38. The largest absolute Gasteiger partial charge is 0.345 e. The summed E-state index contributed by atoms with van der Waals surface area (Å²) >= 11 is 0. The number of likely N-dealkylation sites (tertiary alicyclic amines) is 1. The maximum atomic E-state index is 13.7. The summed E-state index contributed by atoms with van der Waals surface area (Å²) in [5.74, 6) is -1.81. The van der Waals surface area contributed by atoms with E-state index in [0.717, 1.165) is 24.0 Å². The lowest BCUT2D eigenvalue weighted by Gasteiger charge is -2.42. The van der Waals surface area contributed by atoms with E-state index in [4.69, 9.17) is 0 Å². The number of rotatable bonds is 4. The average Bonchev–Trinajstić information content (AvgIpc) is 2.59. The fourth-order valence-electron chi connectivity index (χ4n) is 3.64. The number of hydrogen-bond donors (Lipinski definition) is 0. The van der Waals surface area contributed by atoms with Crippen LogP contribution in [-0.2, 0) is 9.84 Å². The minimum Gasteiger partial charge on any atom is -0.345 e. The highest BCUT2D eigenvalue weighted by Gasteiger charge is 2.37. The summed E-state index contributed by atoms with van der Waals surface area (Å²) in [4.78, 5) is 15.4. The van der Waals surface area contributed by atoms with Gasteiger partial charge in [0.15, 0.2) is 9.84 Å². The molecule has 0 N–H and O–H groups in total. The minimum atomic E-state index is -3.75. The van der Waals surface area contributed by atoms with E-state index < -0.39 is 21.5 Å². The Morgan fingerprint density at radius 1 is 1.03 bits per heavy atom. The highest BCUT2D eigenvalue weighted by Crippen LogP contribution is 2.43. The number of amides is 1. The number of benzene rings is 2. The van der Waals surface area contributed by atoms with Gasteiger partial charge in [-0.1, -0.05) is 12.1 Å². The summed E-state index contributed by atoms with van der Waals surface area (Å²) in [7, 11) is 1.40. The highest BCUT2D eigenvalue weighted by atomic mass is 32.2. The lowest BCUT2D eigenvalue weighted by molar-refractivity contribution is 0.0827. The van der Waals surface area contributed by atoms with Gasteiger partial charge in [-0.2, -0.15) is 0 Å². The third-order valence-corrected chi connectivity index (χ3v) is 6.10. The van der Waals surface area contributed by atoms with E-state index in [0.29, 0.717) is 23.7 Å². The van der Waals surface area contributed by atoms with E-state index in [1.165, 1.54) is 4.90 Å². The van der Waals surface area contributed by atoms with Crippen LogP contribution in [0.25, 0.3) is 4.91 Å². The predicted octanol–water partition coefficient (Wildman–Crippen LogP) is 3.11. The molecule has 1 atom stereocenters. The van der Waals surface area contributed by atoms with Crippen molar-refractivity contribution in [1.82, 2.24) is 9.80 Å². The molecule has 3 rings (SSSR count). The Kier molecular flexibility index (Phi) is 5.60. The summed E-state index contributed by atoms with van der Waals surface area (Å²) in [6.07, 6.45) is 1.03. The van der Waals surface area contributed by atoms with Gasteiger partial charge in [0.1, 0.15) is 11.6 Å². The first-order valence-corrected chi connectivity index (χ1v) is 10.8. The summed E-state index contributed by atoms with van der Waals surface area (Å²) in [6, 6.07) is 9.30. The molecule has 29 heavy (non-hydrogen) atoms. The van der Waals surface area contributed by atoms with Crippen LogP contribution in [0, 0.1) is 11.6 Å². The number of hydrogen-bond acceptors (Lipinski definition) is 4. The van der Waals surface area contributed by atoms with Crippen molar-refractivity contribution in [3.63, 3.8) is 0 Å². The molecule has 2 aromatic rings. The van der Waals surface area contributed by atoms with Crippen LogP contribution in [0.1, 0.15) is 27.5 Å². The molecule has 1 aliphatic rings. The van der Waals surface area contributed by atoms with Crippen LogP contribution >= 0.6 is 0 Å². The van der Waals surface area contributed by atoms with Crippen molar-refractivity contribution < 1.29 is 22.0 Å². The van der Waals surface area contributed by atoms with E-state index in [9.17, 15) is 22.0 Å². The SMILES string of the molecule is CN(C)C(=O)c1ccc(C2C(=C(c3cc(F)cc(F)c3)S(C)(=O)=O)CN2C)cc1. The Morgan fingerprint density at radius 3 is 2.03 bits per heavy atom. The van der Waals surface area contributed by atoms with Gasteiger partial charge in [0.2, 0.25) is 0 Å². The number of likely N-dealkylation sites (N-methyl/N-ethyl adjacent to an activating group) is 1. The topological polar surface area (TPSA) is 57.7 Å². The predicted molar refractivity (Wildman–Crippen MR) is 108 cm³/mol. The van der Waals surface area contributed by atoms with Crippen molar-refractivity contribution in [2.75, 3.05) is 33.9 Å². The molecule has 0 saturated carbocycles. The zero-order valence-corrected chi connectivity index (χ0v) is 17.4. The second kappa shape index (κ2) is 7.68. The molecule has 1 heterocycles. The molecule has 0 aromatic heterocycles. The number of carbonyl (C=O) groups excluding carboxylic acids is 1. The van der Waals surface area contributed by atoms with E-state index in [1.807, 2.05) is 11.9 Å². The number of sulfone groups is 1. The molecule has 0 spiro atoms. The normalized spacial score (nSPS) is 18.9. The van der Waals surface area contributed by atoms with Crippen LogP contribution < -0.4 is 0 Å². The van der Waals surface area contributed by atoms with Crippen LogP contribution in [0.4, 0.5) is 8.78 Å². The molecular weight excluding hydrogens is 398 g/mol. The van der Waals surface area contributed by atoms with Crippen molar-refractivity contribution in [2.45, 2.75) is 6.04 Å². The van der Waals surface area contributed by atoms with Gasteiger partial charge in [0.05, 0.1) is 10.9 Å². The van der Waals surface area contributed by atoms with E-state index in [-0.39, 0.29) is 22.4 Å². The molecule has 1 fully saturated rings. The highest BCUT2D eigenvalue weighted by molar-refractivity contribution is 8.00. The molecule has 1 unspecified atom stereocenters. The van der Waals surface area contributed by atoms with Gasteiger partial charge >= 0.3 is 0 Å². The Balaban J connectivity index is 2.10. The lowest BCUT2D eigenvalue weighted by atomic mass is 9.87. The number of carbonyl (C=O) groups is 1. The van der Waals surface area contributed by atoms with Crippen LogP contribution in [0.15, 0.2) is 48.0 Å². The zero-order valence-electron chi connectivity index (χ0n) is 16.6. The average molecular weight is 420 g/mol. The van der Waals surface area contributed by atoms with E-state index in [1.54, 1.807) is 38.4 Å². The summed E-state index contributed by atoms with van der Waals surface area (Å²) in [5.41, 5.74) is 1.87. The summed E-state index contributed by atoms with van der Waals surface area (Å²) in [5, 5.41) is 0. The molecule has 0 bridgehead atoms. The Morgan fingerprint density at radius 2 is 1.59 bits per heavy atom. The maximum Gasteiger partial charge on any atom is 0.253 e. The van der Waals surface area contributed by atoms with Gasteiger partial charge in [-0.25, -0.2) is 17.2 Å². The second-order valence-electron chi connectivity index (χ2n) is 7.42. The van der Waals surface area contributed by atoms with E-state index >= 15 is 0 Å². The van der Waals surface area contributed by atoms with Crippen molar-refractivity contribution in [2.24, 2.45) is 0 Å². The summed E-state index contributed by atoms with van der Waals surface area (Å²) in [6.45, 7) is 0.351. The van der Waals surface area contributed by atoms with Gasteiger partial charge in [0.25, 0.3) is 5.91 Å². The third-order valence-electron chi connectivity index (χ3n) is 4.86. The number of nitrogens with zero attached hydrogens (tertiary/aromatic N) is 2. The van der Waals surface area contributed by atoms with Crippen molar-refractivity contribution in [3.05, 3.63) is 76.4 Å². The van der Waals surface area contributed by atoms with Gasteiger partial charge in [-0.3, -0.25) is 9.69 Å². The van der Waals surface area contributed by atoms with Gasteiger partial charge < -0.3 is 4.90 Å². The smallest absolute Gasteiger partial charge is 0.253 e. The zero-order chi connectivity index (χ0) is 21.5. The first kappa shape index (κ1) is 21.1. The third kappa shape index (κ3) is 4.23. The van der Waals surface area contributed by atoms with Crippen molar-refractivity contribution in [3.8, 4) is 0 Å². The molecule has 1 amide bonds. The molecule has 0 aliphatic carbocycles.